The van der Waals surface area contributed by atoms with Crippen LogP contribution in [-0.4, -0.2) is 21.2 Å². The third kappa shape index (κ3) is 3.07. The lowest BCUT2D eigenvalue weighted by Crippen LogP contribution is -2.26. The van der Waals surface area contributed by atoms with Gasteiger partial charge >= 0.3 is 0 Å². The molecule has 0 spiro atoms. The molecule has 1 heterocycles. The van der Waals surface area contributed by atoms with E-state index in [9.17, 15) is 9.59 Å². The van der Waals surface area contributed by atoms with Crippen molar-refractivity contribution in [2.75, 3.05) is 0 Å². The largest absolute Gasteiger partial charge is 0.369 e. The molecule has 5 heteroatoms. The number of rotatable bonds is 5. The van der Waals surface area contributed by atoms with Gasteiger partial charge in [0.2, 0.25) is 5.91 Å². The van der Waals surface area contributed by atoms with E-state index in [-0.39, 0.29) is 5.78 Å². The van der Waals surface area contributed by atoms with E-state index in [0.717, 1.165) is 5.56 Å². The first-order chi connectivity index (χ1) is 9.08. The van der Waals surface area contributed by atoms with Crippen LogP contribution in [0, 0.1) is 0 Å². The van der Waals surface area contributed by atoms with E-state index >= 15 is 0 Å². The fourth-order valence-corrected chi connectivity index (χ4v) is 2.01. The third-order valence-electron chi connectivity index (χ3n) is 2.93. The number of Topliss-reactive ketones (excluding diaryl/α,β-unsaturated/α-hetero) is 1. The van der Waals surface area contributed by atoms with Gasteiger partial charge in [0.15, 0.2) is 0 Å². The summed E-state index contributed by atoms with van der Waals surface area (Å²) in [5.41, 5.74) is 6.94. The van der Waals surface area contributed by atoms with Crippen LogP contribution in [0.1, 0.15) is 24.0 Å². The lowest BCUT2D eigenvalue weighted by atomic mass is 9.94. The Morgan fingerprint density at radius 1 is 1.32 bits per heavy atom. The maximum atomic E-state index is 11.4. The number of carbonyl (C=O) groups is 2. The van der Waals surface area contributed by atoms with Crippen LogP contribution in [0.2, 0.25) is 0 Å². The van der Waals surface area contributed by atoms with Gasteiger partial charge in [-0.2, -0.15) is 0 Å². The second-order valence-electron chi connectivity index (χ2n) is 4.42. The molecule has 0 aliphatic heterocycles. The highest BCUT2D eigenvalue weighted by molar-refractivity contribution is 6.04. The van der Waals surface area contributed by atoms with Crippen molar-refractivity contribution in [3.05, 3.63) is 54.1 Å². The highest BCUT2D eigenvalue weighted by Gasteiger charge is 2.22. The minimum Gasteiger partial charge on any atom is -0.369 e. The number of primary amides is 1. The number of ketones is 1. The normalized spacial score (nSPS) is 12.1. The van der Waals surface area contributed by atoms with Gasteiger partial charge in [0.25, 0.3) is 0 Å². The molecule has 5 nitrogen and oxygen atoms in total. The molecule has 1 aromatic heterocycles. The number of benzene rings is 1. The Labute approximate surface area is 111 Å². The summed E-state index contributed by atoms with van der Waals surface area (Å²) in [5.74, 6) is -1.72. The summed E-state index contributed by atoms with van der Waals surface area (Å²) in [7, 11) is 0. The Morgan fingerprint density at radius 2 is 2.00 bits per heavy atom. The van der Waals surface area contributed by atoms with Gasteiger partial charge in [-0.25, -0.2) is 4.98 Å². The Hall–Kier alpha value is -2.43. The molecule has 2 rings (SSSR count). The molecule has 1 aromatic carbocycles. The number of hydrogen-bond acceptors (Lipinski definition) is 3. The average molecular weight is 257 g/mol. The van der Waals surface area contributed by atoms with Gasteiger partial charge in [-0.05, 0) is 18.1 Å². The van der Waals surface area contributed by atoms with Crippen LogP contribution in [0.5, 0.6) is 0 Å². The van der Waals surface area contributed by atoms with E-state index in [1.807, 2.05) is 22.9 Å². The van der Waals surface area contributed by atoms with E-state index in [4.69, 9.17) is 5.73 Å². The fraction of sp³-hybridized carbons (Fsp3) is 0.214. The topological polar surface area (TPSA) is 78.0 Å². The van der Waals surface area contributed by atoms with Crippen molar-refractivity contribution in [3.63, 3.8) is 0 Å². The molecule has 98 valence electrons. The van der Waals surface area contributed by atoms with Crippen LogP contribution in [-0.2, 0) is 16.1 Å². The predicted molar refractivity (Wildman–Crippen MR) is 70.4 cm³/mol. The fourth-order valence-electron chi connectivity index (χ4n) is 2.01. The Morgan fingerprint density at radius 3 is 2.47 bits per heavy atom. The van der Waals surface area contributed by atoms with Gasteiger partial charge in [-0.3, -0.25) is 9.59 Å². The molecule has 0 bridgehead atoms. The van der Waals surface area contributed by atoms with Crippen LogP contribution in [0.25, 0.3) is 0 Å². The van der Waals surface area contributed by atoms with Crippen molar-refractivity contribution in [1.29, 1.82) is 0 Å². The van der Waals surface area contributed by atoms with Crippen LogP contribution in [0.15, 0.2) is 43.0 Å². The Bertz CT molecular complexity index is 559. The molecule has 1 unspecified atom stereocenters. The third-order valence-corrected chi connectivity index (χ3v) is 2.93. The molecule has 2 aromatic rings. The molecule has 0 saturated carbocycles. The molecule has 1 amide bonds. The minimum atomic E-state index is -0.859. The summed E-state index contributed by atoms with van der Waals surface area (Å²) >= 11 is 0. The van der Waals surface area contributed by atoms with Crippen molar-refractivity contribution < 1.29 is 9.59 Å². The summed E-state index contributed by atoms with van der Waals surface area (Å²) in [6, 6.07) is 7.30. The minimum absolute atomic E-state index is 0.241. The first-order valence-electron chi connectivity index (χ1n) is 5.92. The zero-order valence-electron chi connectivity index (χ0n) is 10.6. The van der Waals surface area contributed by atoms with Gasteiger partial charge in [-0.1, -0.05) is 24.3 Å². The lowest BCUT2D eigenvalue weighted by Gasteiger charge is -2.11. The molecule has 0 fully saturated rings. The first-order valence-corrected chi connectivity index (χ1v) is 5.92. The van der Waals surface area contributed by atoms with Crippen LogP contribution < -0.4 is 5.73 Å². The second kappa shape index (κ2) is 5.48. The highest BCUT2D eigenvalue weighted by atomic mass is 16.2. The Kier molecular flexibility index (Phi) is 3.75. The smallest absolute Gasteiger partial charge is 0.232 e. The van der Waals surface area contributed by atoms with E-state index in [1.54, 1.807) is 24.7 Å². The van der Waals surface area contributed by atoms with Gasteiger partial charge in [0, 0.05) is 18.9 Å². The number of nitrogens with two attached hydrogens (primary N) is 1. The molecule has 0 aliphatic rings. The number of amides is 1. The average Bonchev–Trinajstić information content (AvgIpc) is 2.83. The Balaban J connectivity index is 2.18. The van der Waals surface area contributed by atoms with Crippen molar-refractivity contribution in [2.45, 2.75) is 19.4 Å². The predicted octanol–water partition coefficient (Wildman–Crippen LogP) is 1.09. The number of aromatic nitrogens is 2. The van der Waals surface area contributed by atoms with E-state index in [0.29, 0.717) is 12.1 Å². The molecule has 19 heavy (non-hydrogen) atoms. The van der Waals surface area contributed by atoms with Crippen LogP contribution >= 0.6 is 0 Å². The molecule has 0 aliphatic carbocycles. The number of imidazole rings is 1. The number of carbonyl (C=O) groups excluding carboxylic acids is 2. The summed E-state index contributed by atoms with van der Waals surface area (Å²) in [6.45, 7) is 2.07. The van der Waals surface area contributed by atoms with Crippen molar-refractivity contribution >= 4 is 11.7 Å². The van der Waals surface area contributed by atoms with Gasteiger partial charge in [0.05, 0.1) is 6.33 Å². The summed E-state index contributed by atoms with van der Waals surface area (Å²) in [4.78, 5) is 26.7. The van der Waals surface area contributed by atoms with Gasteiger partial charge < -0.3 is 10.3 Å². The highest BCUT2D eigenvalue weighted by Crippen LogP contribution is 2.17. The number of nitrogens with zero attached hydrogens (tertiary/aromatic N) is 2. The van der Waals surface area contributed by atoms with Crippen LogP contribution in [0.3, 0.4) is 0 Å². The zero-order valence-corrected chi connectivity index (χ0v) is 10.6. The van der Waals surface area contributed by atoms with E-state index in [2.05, 4.69) is 4.98 Å². The number of hydrogen-bond donors (Lipinski definition) is 1. The molecule has 1 atom stereocenters. The summed E-state index contributed by atoms with van der Waals surface area (Å²) in [5, 5.41) is 0. The van der Waals surface area contributed by atoms with E-state index in [1.165, 1.54) is 6.92 Å². The molecule has 2 N–H and O–H groups in total. The summed E-state index contributed by atoms with van der Waals surface area (Å²) < 4.78 is 1.94. The molecular weight excluding hydrogens is 242 g/mol. The standard InChI is InChI=1S/C14H15N3O2/c1-10(18)13(14(15)19)12-4-2-11(3-5-12)8-17-7-6-16-9-17/h2-7,9,13H,8H2,1H3,(H2,15,19). The quantitative estimate of drug-likeness (QED) is 0.814. The van der Waals surface area contributed by atoms with Crippen molar-refractivity contribution in [1.82, 2.24) is 9.55 Å². The maximum Gasteiger partial charge on any atom is 0.232 e. The summed E-state index contributed by atoms with van der Waals surface area (Å²) in [6.07, 6.45) is 5.32. The monoisotopic (exact) mass is 257 g/mol. The lowest BCUT2D eigenvalue weighted by molar-refractivity contribution is -0.127. The van der Waals surface area contributed by atoms with Gasteiger partial charge in [-0.15, -0.1) is 0 Å². The van der Waals surface area contributed by atoms with Gasteiger partial charge in [0.1, 0.15) is 11.7 Å². The zero-order chi connectivity index (χ0) is 13.8. The second-order valence-corrected chi connectivity index (χ2v) is 4.42. The van der Waals surface area contributed by atoms with Crippen LogP contribution in [0.4, 0.5) is 0 Å². The maximum absolute atomic E-state index is 11.4. The first kappa shape index (κ1) is 13.0. The SMILES string of the molecule is CC(=O)C(C(N)=O)c1ccc(Cn2ccnc2)cc1. The molecule has 0 saturated heterocycles. The van der Waals surface area contributed by atoms with Crippen molar-refractivity contribution in [2.24, 2.45) is 5.73 Å². The molecule has 0 radical (unpaired) electrons. The van der Waals surface area contributed by atoms with Crippen molar-refractivity contribution in [3.8, 4) is 0 Å². The molecular formula is C14H15N3O2. The van der Waals surface area contributed by atoms with E-state index < -0.39 is 11.8 Å².